The number of unbranched alkanes of at least 4 members (excludes halogenated alkanes) is 1. The van der Waals surface area contributed by atoms with Crippen LogP contribution in [0, 0.1) is 0 Å². The van der Waals surface area contributed by atoms with Crippen molar-refractivity contribution >= 4 is 5.97 Å². The predicted octanol–water partition coefficient (Wildman–Crippen LogP) is -0.632. The first-order valence-electron chi connectivity index (χ1n) is 8.33. The van der Waals surface area contributed by atoms with Crippen LogP contribution in [0.4, 0.5) is 0 Å². The molecule has 9 nitrogen and oxygen atoms in total. The van der Waals surface area contributed by atoms with Gasteiger partial charge in [0, 0.05) is 12.5 Å². The maximum atomic E-state index is 10.5. The Hall–Kier alpha value is -1.91. The van der Waals surface area contributed by atoms with E-state index in [0.29, 0.717) is 24.8 Å². The van der Waals surface area contributed by atoms with Gasteiger partial charge in [0.25, 0.3) is 0 Å². The summed E-state index contributed by atoms with van der Waals surface area (Å²) in [5, 5.41) is 57.2. The first kappa shape index (κ1) is 20.4. The highest BCUT2D eigenvalue weighted by molar-refractivity contribution is 5.66. The zero-order chi connectivity index (χ0) is 19.3. The minimum absolute atomic E-state index is 0.0625. The lowest BCUT2D eigenvalue weighted by Gasteiger charge is -2.39. The van der Waals surface area contributed by atoms with Crippen LogP contribution in [0.3, 0.4) is 0 Å². The summed E-state index contributed by atoms with van der Waals surface area (Å²) in [5.41, 5.74) is 0.704. The fraction of sp³-hybridized carbons (Fsp3) is 0.588. The van der Waals surface area contributed by atoms with Crippen LogP contribution in [0.25, 0.3) is 0 Å². The van der Waals surface area contributed by atoms with Crippen molar-refractivity contribution in [2.45, 2.75) is 56.4 Å². The molecule has 0 bridgehead atoms. The van der Waals surface area contributed by atoms with Gasteiger partial charge < -0.3 is 40.1 Å². The lowest BCUT2D eigenvalue weighted by Crippen LogP contribution is -2.60. The van der Waals surface area contributed by atoms with Crippen molar-refractivity contribution in [3.63, 3.8) is 0 Å². The van der Waals surface area contributed by atoms with Gasteiger partial charge in [0.1, 0.15) is 35.9 Å². The zero-order valence-electron chi connectivity index (χ0n) is 14.1. The minimum atomic E-state index is -1.56. The fourth-order valence-electron chi connectivity index (χ4n) is 2.76. The molecule has 146 valence electrons. The number of rotatable bonds is 8. The van der Waals surface area contributed by atoms with Gasteiger partial charge in [0.05, 0.1) is 6.61 Å². The molecule has 26 heavy (non-hydrogen) atoms. The number of hydrogen-bond donors (Lipinski definition) is 6. The van der Waals surface area contributed by atoms with Crippen LogP contribution in [0.15, 0.2) is 18.2 Å². The first-order chi connectivity index (χ1) is 12.3. The fourth-order valence-corrected chi connectivity index (χ4v) is 2.76. The van der Waals surface area contributed by atoms with E-state index in [1.165, 1.54) is 12.1 Å². The zero-order valence-corrected chi connectivity index (χ0v) is 14.1. The second kappa shape index (κ2) is 9.15. The summed E-state index contributed by atoms with van der Waals surface area (Å²) >= 11 is 0. The SMILES string of the molecule is O=C(O)CCCCc1cc(O)cc(OC2OC(CO)C(O)C(O)C2O)c1. The van der Waals surface area contributed by atoms with Crippen LogP contribution in [-0.2, 0) is 16.0 Å². The smallest absolute Gasteiger partial charge is 0.303 e. The number of aryl methyl sites for hydroxylation is 1. The second-order valence-electron chi connectivity index (χ2n) is 6.25. The van der Waals surface area contributed by atoms with Crippen LogP contribution < -0.4 is 4.74 Å². The number of ether oxygens (including phenoxy) is 2. The molecule has 0 amide bonds. The molecule has 5 atom stereocenters. The minimum Gasteiger partial charge on any atom is -0.508 e. The van der Waals surface area contributed by atoms with Gasteiger partial charge in [-0.1, -0.05) is 0 Å². The molecule has 0 aromatic heterocycles. The molecule has 1 heterocycles. The monoisotopic (exact) mass is 372 g/mol. The van der Waals surface area contributed by atoms with Crippen LogP contribution in [-0.4, -0.2) is 73.9 Å². The molecule has 6 N–H and O–H groups in total. The summed E-state index contributed by atoms with van der Waals surface area (Å²) in [5.74, 6) is -0.782. The Kier molecular flexibility index (Phi) is 7.18. The van der Waals surface area contributed by atoms with Crippen molar-refractivity contribution in [1.29, 1.82) is 0 Å². The molecule has 1 aliphatic rings. The van der Waals surface area contributed by atoms with Crippen molar-refractivity contribution < 1.29 is 44.9 Å². The Labute approximate surface area is 150 Å². The number of aromatic hydroxyl groups is 1. The third kappa shape index (κ3) is 5.29. The molecule has 0 radical (unpaired) electrons. The summed E-state index contributed by atoms with van der Waals surface area (Å²) in [7, 11) is 0. The summed E-state index contributed by atoms with van der Waals surface area (Å²) in [6.45, 7) is -0.570. The molecule has 9 heteroatoms. The molecule has 0 aliphatic carbocycles. The number of aliphatic hydroxyl groups excluding tert-OH is 4. The van der Waals surface area contributed by atoms with E-state index in [2.05, 4.69) is 0 Å². The van der Waals surface area contributed by atoms with E-state index in [1.54, 1.807) is 6.07 Å². The molecule has 0 spiro atoms. The predicted molar refractivity (Wildman–Crippen MR) is 87.7 cm³/mol. The molecule has 2 rings (SSSR count). The highest BCUT2D eigenvalue weighted by Crippen LogP contribution is 2.28. The normalized spacial score (nSPS) is 28.7. The van der Waals surface area contributed by atoms with Crippen LogP contribution in [0.2, 0.25) is 0 Å². The summed E-state index contributed by atoms with van der Waals surface area (Å²) < 4.78 is 10.7. The standard InChI is InChI=1S/C17H24O9/c18-8-12-14(22)15(23)16(24)17(26-12)25-11-6-9(5-10(19)7-11)3-1-2-4-13(20)21/h5-7,12,14-19,22-24H,1-4,8H2,(H,20,21). The third-order valence-electron chi connectivity index (χ3n) is 4.16. The number of phenolic OH excluding ortho intramolecular Hbond substituents is 1. The largest absolute Gasteiger partial charge is 0.508 e. The molecule has 1 aromatic carbocycles. The quantitative estimate of drug-likeness (QED) is 0.327. The molecule has 1 fully saturated rings. The van der Waals surface area contributed by atoms with E-state index in [-0.39, 0.29) is 17.9 Å². The van der Waals surface area contributed by atoms with Gasteiger partial charge in [-0.25, -0.2) is 0 Å². The molecular formula is C17H24O9. The average Bonchev–Trinajstić information content (AvgIpc) is 2.58. The molecule has 1 aliphatic heterocycles. The van der Waals surface area contributed by atoms with Crippen molar-refractivity contribution in [3.8, 4) is 11.5 Å². The van der Waals surface area contributed by atoms with Crippen molar-refractivity contribution in [1.82, 2.24) is 0 Å². The third-order valence-corrected chi connectivity index (χ3v) is 4.16. The van der Waals surface area contributed by atoms with E-state index < -0.39 is 43.3 Å². The Morgan fingerprint density at radius 2 is 1.81 bits per heavy atom. The number of aliphatic hydroxyl groups is 4. The first-order valence-corrected chi connectivity index (χ1v) is 8.33. The maximum Gasteiger partial charge on any atom is 0.303 e. The lowest BCUT2D eigenvalue weighted by molar-refractivity contribution is -0.277. The number of benzene rings is 1. The summed E-state index contributed by atoms with van der Waals surface area (Å²) in [4.78, 5) is 10.5. The number of hydrogen-bond acceptors (Lipinski definition) is 8. The number of carbonyl (C=O) groups is 1. The highest BCUT2D eigenvalue weighted by atomic mass is 16.7. The highest BCUT2D eigenvalue weighted by Gasteiger charge is 2.44. The number of aliphatic carboxylic acids is 1. The Balaban J connectivity index is 2.02. The van der Waals surface area contributed by atoms with Crippen LogP contribution >= 0.6 is 0 Å². The molecule has 1 saturated heterocycles. The van der Waals surface area contributed by atoms with Gasteiger partial charge >= 0.3 is 5.97 Å². The van der Waals surface area contributed by atoms with E-state index in [1.807, 2.05) is 0 Å². The average molecular weight is 372 g/mol. The van der Waals surface area contributed by atoms with E-state index in [9.17, 15) is 30.3 Å². The Morgan fingerprint density at radius 3 is 2.46 bits per heavy atom. The Bertz CT molecular complexity index is 604. The number of phenols is 1. The Morgan fingerprint density at radius 1 is 1.08 bits per heavy atom. The summed E-state index contributed by atoms with van der Waals surface area (Å²) in [6.07, 6.45) is -5.34. The maximum absolute atomic E-state index is 10.5. The van der Waals surface area contributed by atoms with Gasteiger partial charge in [-0.15, -0.1) is 0 Å². The number of carboxylic acid groups (broad SMARTS) is 1. The van der Waals surface area contributed by atoms with Crippen LogP contribution in [0.1, 0.15) is 24.8 Å². The summed E-state index contributed by atoms with van der Waals surface area (Å²) in [6, 6.07) is 4.41. The van der Waals surface area contributed by atoms with E-state index in [0.717, 1.165) is 0 Å². The second-order valence-corrected chi connectivity index (χ2v) is 6.25. The van der Waals surface area contributed by atoms with Crippen molar-refractivity contribution in [2.24, 2.45) is 0 Å². The van der Waals surface area contributed by atoms with Gasteiger partial charge in [0.15, 0.2) is 0 Å². The lowest BCUT2D eigenvalue weighted by atomic mass is 9.99. The van der Waals surface area contributed by atoms with E-state index >= 15 is 0 Å². The molecule has 1 aromatic rings. The van der Waals surface area contributed by atoms with Crippen LogP contribution in [0.5, 0.6) is 11.5 Å². The molecular weight excluding hydrogens is 348 g/mol. The molecule has 5 unspecified atom stereocenters. The van der Waals surface area contributed by atoms with Gasteiger partial charge in [-0.3, -0.25) is 4.79 Å². The van der Waals surface area contributed by atoms with Gasteiger partial charge in [-0.05, 0) is 37.0 Å². The van der Waals surface area contributed by atoms with Crippen molar-refractivity contribution in [2.75, 3.05) is 6.61 Å². The van der Waals surface area contributed by atoms with Gasteiger partial charge in [-0.2, -0.15) is 0 Å². The van der Waals surface area contributed by atoms with Gasteiger partial charge in [0.2, 0.25) is 6.29 Å². The molecule has 0 saturated carbocycles. The number of carboxylic acids is 1. The van der Waals surface area contributed by atoms with Crippen molar-refractivity contribution in [3.05, 3.63) is 23.8 Å². The van der Waals surface area contributed by atoms with E-state index in [4.69, 9.17) is 14.6 Å². The topological polar surface area (TPSA) is 157 Å².